The van der Waals surface area contributed by atoms with E-state index in [4.69, 9.17) is 26.4 Å². The summed E-state index contributed by atoms with van der Waals surface area (Å²) >= 11 is 5.56. The molecule has 9 nitrogen and oxygen atoms in total. The Bertz CT molecular complexity index is 1030. The van der Waals surface area contributed by atoms with Gasteiger partial charge in [0.2, 0.25) is 11.8 Å². The number of thiocarbonyl (C=S) groups is 1. The minimum atomic E-state index is -0.740. The van der Waals surface area contributed by atoms with Crippen LogP contribution in [-0.4, -0.2) is 61.3 Å². The van der Waals surface area contributed by atoms with Gasteiger partial charge in [-0.2, -0.15) is 0 Å². The minimum absolute atomic E-state index is 0.0615. The van der Waals surface area contributed by atoms with Crippen molar-refractivity contribution in [3.8, 4) is 17.2 Å². The number of nitrogens with zero attached hydrogens (tertiary/aromatic N) is 1. The number of fused-ring (bicyclic) bond motifs is 1. The Balaban J connectivity index is 1.43. The van der Waals surface area contributed by atoms with Gasteiger partial charge in [-0.3, -0.25) is 9.59 Å². The van der Waals surface area contributed by atoms with Gasteiger partial charge >= 0.3 is 0 Å². The molecule has 4 rings (SSSR count). The summed E-state index contributed by atoms with van der Waals surface area (Å²) in [6, 6.07) is 11.8. The fourth-order valence-corrected chi connectivity index (χ4v) is 3.93. The SMILES string of the molecule is COc1ccccc1NC(=S)N1CCNC(=O)C1CC(=O)Nc1ccc2c(c1)OCCO2. The number of rotatable bonds is 5. The molecule has 1 unspecified atom stereocenters. The smallest absolute Gasteiger partial charge is 0.243 e. The van der Waals surface area contributed by atoms with E-state index in [1.807, 2.05) is 24.3 Å². The number of amides is 2. The zero-order chi connectivity index (χ0) is 22.5. The summed E-state index contributed by atoms with van der Waals surface area (Å²) in [5.41, 5.74) is 1.25. The van der Waals surface area contributed by atoms with Gasteiger partial charge in [0.1, 0.15) is 25.0 Å². The number of anilines is 2. The summed E-state index contributed by atoms with van der Waals surface area (Å²) < 4.78 is 16.4. The standard InChI is InChI=1S/C22H24N4O5S/c1-29-17-5-3-2-4-15(17)25-22(32)26-9-8-23-21(28)16(26)13-20(27)24-14-6-7-18-19(12-14)31-11-10-30-18/h2-7,12,16H,8-11,13H2,1H3,(H,23,28)(H,24,27)(H,25,32). The van der Waals surface area contributed by atoms with E-state index in [1.54, 1.807) is 30.2 Å². The molecule has 2 aromatic rings. The molecule has 2 aliphatic heterocycles. The lowest BCUT2D eigenvalue weighted by molar-refractivity contribution is -0.130. The van der Waals surface area contributed by atoms with Crippen LogP contribution >= 0.6 is 12.2 Å². The van der Waals surface area contributed by atoms with E-state index in [0.29, 0.717) is 60.0 Å². The highest BCUT2D eigenvalue weighted by atomic mass is 32.1. The van der Waals surface area contributed by atoms with Crippen LogP contribution in [0, 0.1) is 0 Å². The Labute approximate surface area is 191 Å². The van der Waals surface area contributed by atoms with Crippen molar-refractivity contribution < 1.29 is 23.8 Å². The molecule has 2 heterocycles. The van der Waals surface area contributed by atoms with Gasteiger partial charge in [0.05, 0.1) is 19.2 Å². The van der Waals surface area contributed by atoms with Crippen LogP contribution in [0.2, 0.25) is 0 Å². The molecule has 0 saturated carbocycles. The maximum absolute atomic E-state index is 12.7. The first kappa shape index (κ1) is 21.7. The van der Waals surface area contributed by atoms with Gasteiger partial charge in [-0.15, -0.1) is 0 Å². The second-order valence-electron chi connectivity index (χ2n) is 7.24. The van der Waals surface area contributed by atoms with Crippen LogP contribution in [0.4, 0.5) is 11.4 Å². The number of carbonyl (C=O) groups excluding carboxylic acids is 2. The summed E-state index contributed by atoms with van der Waals surface area (Å²) in [5.74, 6) is 1.28. The number of piperazine rings is 1. The topological polar surface area (TPSA) is 101 Å². The van der Waals surface area contributed by atoms with Crippen molar-refractivity contribution in [3.63, 3.8) is 0 Å². The number of hydrogen-bond donors (Lipinski definition) is 3. The minimum Gasteiger partial charge on any atom is -0.495 e. The van der Waals surface area contributed by atoms with Crippen molar-refractivity contribution in [2.75, 3.05) is 44.0 Å². The summed E-state index contributed by atoms with van der Waals surface area (Å²) in [4.78, 5) is 27.1. The number of methoxy groups -OCH3 is 1. The molecule has 2 aliphatic rings. The first-order chi connectivity index (χ1) is 15.5. The number of para-hydroxylation sites is 2. The molecule has 1 atom stereocenters. The van der Waals surface area contributed by atoms with Crippen molar-refractivity contribution in [3.05, 3.63) is 42.5 Å². The van der Waals surface area contributed by atoms with E-state index >= 15 is 0 Å². The number of ether oxygens (including phenoxy) is 3. The quantitative estimate of drug-likeness (QED) is 0.588. The van der Waals surface area contributed by atoms with E-state index in [-0.39, 0.29) is 18.2 Å². The van der Waals surface area contributed by atoms with Gasteiger partial charge in [-0.05, 0) is 36.5 Å². The van der Waals surface area contributed by atoms with Gasteiger partial charge in [-0.25, -0.2) is 0 Å². The number of hydrogen-bond acceptors (Lipinski definition) is 6. The molecule has 168 valence electrons. The lowest BCUT2D eigenvalue weighted by Gasteiger charge is -2.36. The van der Waals surface area contributed by atoms with E-state index in [2.05, 4.69) is 16.0 Å². The lowest BCUT2D eigenvalue weighted by Crippen LogP contribution is -2.58. The van der Waals surface area contributed by atoms with Gasteiger partial charge in [0.25, 0.3) is 0 Å². The highest BCUT2D eigenvalue weighted by molar-refractivity contribution is 7.80. The van der Waals surface area contributed by atoms with Crippen molar-refractivity contribution in [1.29, 1.82) is 0 Å². The Morgan fingerprint density at radius 2 is 1.97 bits per heavy atom. The molecule has 0 aromatic heterocycles. The van der Waals surface area contributed by atoms with E-state index in [0.717, 1.165) is 0 Å². The van der Waals surface area contributed by atoms with Gasteiger partial charge in [0.15, 0.2) is 16.6 Å². The van der Waals surface area contributed by atoms with Crippen molar-refractivity contribution in [1.82, 2.24) is 10.2 Å². The molecule has 2 aromatic carbocycles. The Kier molecular flexibility index (Phi) is 6.60. The van der Waals surface area contributed by atoms with Crippen LogP contribution < -0.4 is 30.2 Å². The highest BCUT2D eigenvalue weighted by Crippen LogP contribution is 2.32. The van der Waals surface area contributed by atoms with Crippen LogP contribution in [-0.2, 0) is 9.59 Å². The average Bonchev–Trinajstić information content (AvgIpc) is 2.80. The largest absolute Gasteiger partial charge is 0.495 e. The summed E-state index contributed by atoms with van der Waals surface area (Å²) in [6.07, 6.45) is -0.0615. The fourth-order valence-electron chi connectivity index (χ4n) is 3.60. The second kappa shape index (κ2) is 9.73. The normalized spacial score (nSPS) is 17.2. The third-order valence-electron chi connectivity index (χ3n) is 5.14. The molecule has 0 bridgehead atoms. The van der Waals surface area contributed by atoms with Crippen LogP contribution in [0.3, 0.4) is 0 Å². The van der Waals surface area contributed by atoms with Gasteiger partial charge in [0, 0.05) is 24.8 Å². The molecule has 10 heteroatoms. The van der Waals surface area contributed by atoms with Crippen LogP contribution in [0.25, 0.3) is 0 Å². The highest BCUT2D eigenvalue weighted by Gasteiger charge is 2.33. The first-order valence-electron chi connectivity index (χ1n) is 10.2. The van der Waals surface area contributed by atoms with Gasteiger partial charge in [-0.1, -0.05) is 12.1 Å². The Morgan fingerprint density at radius 3 is 2.78 bits per heavy atom. The molecule has 3 N–H and O–H groups in total. The van der Waals surface area contributed by atoms with Crippen LogP contribution in [0.1, 0.15) is 6.42 Å². The molecule has 0 radical (unpaired) electrons. The molecule has 2 amide bonds. The summed E-state index contributed by atoms with van der Waals surface area (Å²) in [5, 5.41) is 9.10. The lowest BCUT2D eigenvalue weighted by atomic mass is 10.1. The zero-order valence-electron chi connectivity index (χ0n) is 17.6. The number of benzene rings is 2. The first-order valence-corrected chi connectivity index (χ1v) is 10.6. The average molecular weight is 457 g/mol. The predicted octanol–water partition coefficient (Wildman–Crippen LogP) is 1.99. The third-order valence-corrected chi connectivity index (χ3v) is 5.48. The van der Waals surface area contributed by atoms with E-state index in [1.165, 1.54) is 0 Å². The second-order valence-corrected chi connectivity index (χ2v) is 7.63. The Morgan fingerprint density at radius 1 is 1.19 bits per heavy atom. The third kappa shape index (κ3) is 4.86. The molecule has 0 aliphatic carbocycles. The molecule has 0 spiro atoms. The van der Waals surface area contributed by atoms with Crippen molar-refractivity contribution in [2.24, 2.45) is 0 Å². The number of nitrogens with one attached hydrogen (secondary N) is 3. The fraction of sp³-hybridized carbons (Fsp3) is 0.318. The monoisotopic (exact) mass is 456 g/mol. The van der Waals surface area contributed by atoms with Crippen molar-refractivity contribution >= 4 is 40.5 Å². The summed E-state index contributed by atoms with van der Waals surface area (Å²) in [6.45, 7) is 1.87. The molecular weight excluding hydrogens is 432 g/mol. The Hall–Kier alpha value is -3.53. The van der Waals surface area contributed by atoms with Crippen molar-refractivity contribution in [2.45, 2.75) is 12.5 Å². The number of carbonyl (C=O) groups is 2. The van der Waals surface area contributed by atoms with Crippen LogP contribution in [0.15, 0.2) is 42.5 Å². The van der Waals surface area contributed by atoms with E-state index in [9.17, 15) is 9.59 Å². The maximum Gasteiger partial charge on any atom is 0.243 e. The zero-order valence-corrected chi connectivity index (χ0v) is 18.4. The molecule has 1 saturated heterocycles. The van der Waals surface area contributed by atoms with Crippen LogP contribution in [0.5, 0.6) is 17.2 Å². The van der Waals surface area contributed by atoms with Gasteiger partial charge < -0.3 is 35.1 Å². The maximum atomic E-state index is 12.7. The summed E-state index contributed by atoms with van der Waals surface area (Å²) in [7, 11) is 1.57. The predicted molar refractivity (Wildman–Crippen MR) is 123 cm³/mol. The van der Waals surface area contributed by atoms with E-state index < -0.39 is 6.04 Å². The molecule has 1 fully saturated rings. The molecule has 32 heavy (non-hydrogen) atoms. The molecular formula is C22H24N4O5S.